The normalized spacial score (nSPS) is 14.9. The number of rotatable bonds is 9. The number of imidazole rings is 1. The zero-order valence-corrected chi connectivity index (χ0v) is 19.3. The van der Waals surface area contributed by atoms with Gasteiger partial charge in [-0.1, -0.05) is 93.3 Å². The molecule has 4 rings (SSSR count). The lowest BCUT2D eigenvalue weighted by Crippen LogP contribution is -2.28. The fourth-order valence-corrected chi connectivity index (χ4v) is 4.97. The number of benzene rings is 2. The van der Waals surface area contributed by atoms with Gasteiger partial charge >= 0.3 is 0 Å². The molecule has 1 fully saturated rings. The minimum Gasteiger partial charge on any atom is -0.326 e. The van der Waals surface area contributed by atoms with Crippen LogP contribution in [-0.4, -0.2) is 28.0 Å². The molecule has 0 spiro atoms. The first-order valence-corrected chi connectivity index (χ1v) is 12.1. The largest absolute Gasteiger partial charge is 0.326 e. The molecule has 0 unspecified atom stereocenters. The monoisotopic (exact) mass is 415 g/mol. The second kappa shape index (κ2) is 10.8. The summed E-state index contributed by atoms with van der Waals surface area (Å²) in [6.45, 7) is 5.43. The Hall–Kier alpha value is -2.39. The van der Waals surface area contributed by atoms with Gasteiger partial charge < -0.3 is 9.47 Å². The standard InChI is InChI=1S/C28H37N3/c1-3-4-20-31-26(22-30(2)21-23-14-8-5-9-15-23)27(24-16-10-6-11-17-24)29-28(31)25-18-12-7-13-19-25/h6-7,10-13,16-19,23H,3-5,8-9,14-15,20-22H2,1-2H3. The van der Waals surface area contributed by atoms with Gasteiger partial charge in [0.15, 0.2) is 0 Å². The first kappa shape index (κ1) is 21.8. The minimum absolute atomic E-state index is 0.847. The van der Waals surface area contributed by atoms with Gasteiger partial charge in [0, 0.05) is 30.8 Å². The summed E-state index contributed by atoms with van der Waals surface area (Å²) in [6.07, 6.45) is 9.36. The molecule has 1 saturated carbocycles. The molecule has 1 aromatic heterocycles. The van der Waals surface area contributed by atoms with Crippen LogP contribution in [0.1, 0.15) is 57.6 Å². The SMILES string of the molecule is CCCCn1c(-c2ccccc2)nc(-c2ccccc2)c1CN(C)CC1CCCCC1. The van der Waals surface area contributed by atoms with Crippen LogP contribution in [0.25, 0.3) is 22.6 Å². The average molecular weight is 416 g/mol. The van der Waals surface area contributed by atoms with E-state index in [1.165, 1.54) is 68.3 Å². The van der Waals surface area contributed by atoms with Crippen LogP contribution in [0.5, 0.6) is 0 Å². The fourth-order valence-electron chi connectivity index (χ4n) is 4.97. The maximum Gasteiger partial charge on any atom is 0.140 e. The van der Waals surface area contributed by atoms with Gasteiger partial charge in [-0.3, -0.25) is 0 Å². The number of aromatic nitrogens is 2. The second-order valence-corrected chi connectivity index (χ2v) is 9.17. The molecular weight excluding hydrogens is 378 g/mol. The molecule has 164 valence electrons. The van der Waals surface area contributed by atoms with Crippen LogP contribution in [0.15, 0.2) is 60.7 Å². The molecule has 0 atom stereocenters. The van der Waals surface area contributed by atoms with Gasteiger partial charge in [-0.05, 0) is 32.2 Å². The van der Waals surface area contributed by atoms with Crippen molar-refractivity contribution < 1.29 is 0 Å². The highest BCUT2D eigenvalue weighted by atomic mass is 15.2. The summed E-state index contributed by atoms with van der Waals surface area (Å²) in [5.74, 6) is 1.95. The summed E-state index contributed by atoms with van der Waals surface area (Å²) >= 11 is 0. The summed E-state index contributed by atoms with van der Waals surface area (Å²) in [5, 5.41) is 0. The van der Waals surface area contributed by atoms with E-state index in [-0.39, 0.29) is 0 Å². The molecule has 1 aliphatic carbocycles. The topological polar surface area (TPSA) is 21.1 Å². The third-order valence-electron chi connectivity index (χ3n) is 6.60. The molecule has 0 saturated heterocycles. The van der Waals surface area contributed by atoms with Gasteiger partial charge in [-0.2, -0.15) is 0 Å². The molecule has 0 bridgehead atoms. The molecule has 31 heavy (non-hydrogen) atoms. The van der Waals surface area contributed by atoms with Crippen molar-refractivity contribution in [3.63, 3.8) is 0 Å². The Morgan fingerprint density at radius 1 is 0.903 bits per heavy atom. The predicted octanol–water partition coefficient (Wildman–Crippen LogP) is 7.03. The van der Waals surface area contributed by atoms with E-state index in [1.807, 2.05) is 0 Å². The Kier molecular flexibility index (Phi) is 7.58. The zero-order valence-electron chi connectivity index (χ0n) is 19.3. The van der Waals surface area contributed by atoms with E-state index >= 15 is 0 Å². The van der Waals surface area contributed by atoms with E-state index in [0.29, 0.717) is 0 Å². The molecule has 1 aliphatic rings. The fraction of sp³-hybridized carbons (Fsp3) is 0.464. The Morgan fingerprint density at radius 2 is 1.55 bits per heavy atom. The van der Waals surface area contributed by atoms with Gasteiger partial charge in [0.1, 0.15) is 5.82 Å². The average Bonchev–Trinajstić information content (AvgIpc) is 3.17. The highest BCUT2D eigenvalue weighted by molar-refractivity contribution is 5.68. The van der Waals surface area contributed by atoms with Gasteiger partial charge in [0.05, 0.1) is 11.4 Å². The minimum atomic E-state index is 0.847. The Balaban J connectivity index is 1.71. The highest BCUT2D eigenvalue weighted by Gasteiger charge is 2.22. The summed E-state index contributed by atoms with van der Waals surface area (Å²) < 4.78 is 2.50. The van der Waals surface area contributed by atoms with Crippen LogP contribution in [0, 0.1) is 5.92 Å². The molecule has 1 heterocycles. The third-order valence-corrected chi connectivity index (χ3v) is 6.60. The Bertz CT molecular complexity index is 924. The van der Waals surface area contributed by atoms with Crippen molar-refractivity contribution in [3.05, 3.63) is 66.4 Å². The van der Waals surface area contributed by atoms with Crippen LogP contribution in [-0.2, 0) is 13.1 Å². The summed E-state index contributed by atoms with van der Waals surface area (Å²) in [6, 6.07) is 21.4. The van der Waals surface area contributed by atoms with E-state index in [2.05, 4.69) is 84.1 Å². The summed E-state index contributed by atoms with van der Waals surface area (Å²) in [4.78, 5) is 7.78. The third kappa shape index (κ3) is 5.46. The predicted molar refractivity (Wildman–Crippen MR) is 131 cm³/mol. The van der Waals surface area contributed by atoms with Gasteiger partial charge in [0.2, 0.25) is 0 Å². The second-order valence-electron chi connectivity index (χ2n) is 9.17. The van der Waals surface area contributed by atoms with Gasteiger partial charge in [0.25, 0.3) is 0 Å². The molecule has 3 nitrogen and oxygen atoms in total. The van der Waals surface area contributed by atoms with Crippen molar-refractivity contribution >= 4 is 0 Å². The van der Waals surface area contributed by atoms with Crippen molar-refractivity contribution in [2.24, 2.45) is 5.92 Å². The number of unbranched alkanes of at least 4 members (excludes halogenated alkanes) is 1. The first-order valence-electron chi connectivity index (χ1n) is 12.1. The van der Waals surface area contributed by atoms with E-state index in [4.69, 9.17) is 4.98 Å². The molecule has 3 aromatic rings. The molecule has 0 radical (unpaired) electrons. The molecule has 0 N–H and O–H groups in total. The zero-order chi connectivity index (χ0) is 21.5. The molecule has 3 heteroatoms. The Labute approximate surface area is 188 Å². The van der Waals surface area contributed by atoms with E-state index in [9.17, 15) is 0 Å². The quantitative estimate of drug-likeness (QED) is 0.374. The Morgan fingerprint density at radius 3 is 2.19 bits per heavy atom. The van der Waals surface area contributed by atoms with E-state index in [0.717, 1.165) is 30.5 Å². The maximum absolute atomic E-state index is 5.24. The number of nitrogens with zero attached hydrogens (tertiary/aromatic N) is 3. The molecule has 0 amide bonds. The maximum atomic E-state index is 5.24. The first-order chi connectivity index (χ1) is 15.3. The smallest absolute Gasteiger partial charge is 0.140 e. The van der Waals surface area contributed by atoms with E-state index < -0.39 is 0 Å². The highest BCUT2D eigenvalue weighted by Crippen LogP contribution is 2.31. The lowest BCUT2D eigenvalue weighted by atomic mass is 9.89. The molecular formula is C28H37N3. The summed E-state index contributed by atoms with van der Waals surface area (Å²) in [7, 11) is 2.29. The van der Waals surface area contributed by atoms with Crippen molar-refractivity contribution in [1.29, 1.82) is 0 Å². The van der Waals surface area contributed by atoms with Crippen molar-refractivity contribution in [1.82, 2.24) is 14.5 Å². The van der Waals surface area contributed by atoms with Crippen molar-refractivity contribution in [2.45, 2.75) is 65.0 Å². The van der Waals surface area contributed by atoms with Gasteiger partial charge in [-0.25, -0.2) is 4.98 Å². The number of hydrogen-bond donors (Lipinski definition) is 0. The lowest BCUT2D eigenvalue weighted by Gasteiger charge is -2.27. The lowest BCUT2D eigenvalue weighted by molar-refractivity contribution is 0.224. The molecule has 0 aliphatic heterocycles. The summed E-state index contributed by atoms with van der Waals surface area (Å²) in [5.41, 5.74) is 4.93. The van der Waals surface area contributed by atoms with Crippen molar-refractivity contribution in [3.8, 4) is 22.6 Å². The van der Waals surface area contributed by atoms with E-state index in [1.54, 1.807) is 0 Å². The van der Waals surface area contributed by atoms with Crippen molar-refractivity contribution in [2.75, 3.05) is 13.6 Å². The number of hydrogen-bond acceptors (Lipinski definition) is 2. The van der Waals surface area contributed by atoms with Crippen LogP contribution in [0.3, 0.4) is 0 Å². The van der Waals surface area contributed by atoms with Crippen LogP contribution in [0.4, 0.5) is 0 Å². The van der Waals surface area contributed by atoms with Crippen LogP contribution in [0.2, 0.25) is 0 Å². The molecule has 2 aromatic carbocycles. The van der Waals surface area contributed by atoms with Crippen LogP contribution >= 0.6 is 0 Å². The van der Waals surface area contributed by atoms with Gasteiger partial charge in [-0.15, -0.1) is 0 Å². The van der Waals surface area contributed by atoms with Crippen LogP contribution < -0.4 is 0 Å².